The summed E-state index contributed by atoms with van der Waals surface area (Å²) < 4.78 is 15.2. The number of anilines is 1. The Morgan fingerprint density at radius 2 is 2.18 bits per heavy atom. The van der Waals surface area contributed by atoms with Crippen molar-refractivity contribution in [2.24, 2.45) is 0 Å². The maximum atomic E-state index is 13.5. The number of hydrogen-bond donors (Lipinski definition) is 2. The van der Waals surface area contributed by atoms with Gasteiger partial charge in [-0.05, 0) is 36.6 Å². The van der Waals surface area contributed by atoms with Gasteiger partial charge in [0.05, 0.1) is 29.7 Å². The van der Waals surface area contributed by atoms with Gasteiger partial charge in [-0.1, -0.05) is 11.6 Å². The second kappa shape index (κ2) is 7.27. The van der Waals surface area contributed by atoms with Gasteiger partial charge in [-0.3, -0.25) is 9.36 Å². The summed E-state index contributed by atoms with van der Waals surface area (Å²) in [6.07, 6.45) is 3.12. The monoisotopic (exact) mass is 403 g/mol. The van der Waals surface area contributed by atoms with Crippen LogP contribution in [0.4, 0.5) is 10.2 Å². The molecule has 3 aromatic rings. The Kier molecular flexibility index (Phi) is 4.80. The number of nitrogens with one attached hydrogen (secondary N) is 1. The highest BCUT2D eigenvalue weighted by Gasteiger charge is 2.27. The number of pyridine rings is 1. The molecule has 1 fully saturated rings. The van der Waals surface area contributed by atoms with Crippen LogP contribution in [0.1, 0.15) is 24.4 Å². The largest absolute Gasteiger partial charge is 0.384 e. The number of carbonyl (C=O) groups excluding carboxylic acids is 1. The van der Waals surface area contributed by atoms with Crippen molar-refractivity contribution in [2.75, 3.05) is 18.8 Å². The van der Waals surface area contributed by atoms with E-state index in [1.54, 1.807) is 21.6 Å². The predicted molar refractivity (Wildman–Crippen MR) is 105 cm³/mol. The van der Waals surface area contributed by atoms with Gasteiger partial charge in [0.1, 0.15) is 11.6 Å². The molecule has 0 radical (unpaired) electrons. The van der Waals surface area contributed by atoms with Gasteiger partial charge in [-0.25, -0.2) is 14.2 Å². The number of aromatic nitrogens is 3. The zero-order chi connectivity index (χ0) is 19.8. The molecule has 1 aliphatic rings. The third-order valence-corrected chi connectivity index (χ3v) is 5.23. The zero-order valence-electron chi connectivity index (χ0n) is 15.0. The fourth-order valence-corrected chi connectivity index (χ4v) is 4.04. The Hall–Kier alpha value is -2.87. The standard InChI is InChI=1S/C19H19ClFN5O2/c20-12-4-11(5-13(21)7-12)6-18(27)25-3-1-2-14(10-25)26-16-8-17(22)23-9-15(16)24-19(26)28/h4-5,7-9,14H,1-3,6,10H2,(H2,22,23)(H,24,28)/t14-/m0/s1. The average Bonchev–Trinajstić information content (AvgIpc) is 2.96. The molecular weight excluding hydrogens is 385 g/mol. The second-order valence-electron chi connectivity index (χ2n) is 7.02. The maximum absolute atomic E-state index is 13.5. The number of piperidine rings is 1. The molecule has 0 unspecified atom stereocenters. The summed E-state index contributed by atoms with van der Waals surface area (Å²) in [5, 5.41) is 0.260. The Balaban J connectivity index is 1.56. The summed E-state index contributed by atoms with van der Waals surface area (Å²) in [4.78, 5) is 33.7. The van der Waals surface area contributed by atoms with Gasteiger partial charge >= 0.3 is 5.69 Å². The van der Waals surface area contributed by atoms with Crippen LogP contribution in [0.25, 0.3) is 11.0 Å². The van der Waals surface area contributed by atoms with Crippen LogP contribution >= 0.6 is 11.6 Å². The van der Waals surface area contributed by atoms with E-state index in [0.29, 0.717) is 35.5 Å². The van der Waals surface area contributed by atoms with Gasteiger partial charge < -0.3 is 15.6 Å². The smallest absolute Gasteiger partial charge is 0.326 e. The number of likely N-dealkylation sites (tertiary alicyclic amines) is 1. The minimum Gasteiger partial charge on any atom is -0.384 e. The molecule has 2 aromatic heterocycles. The van der Waals surface area contributed by atoms with Crippen molar-refractivity contribution in [3.05, 3.63) is 57.3 Å². The molecular formula is C19H19ClFN5O2. The van der Waals surface area contributed by atoms with Gasteiger partial charge in [0.2, 0.25) is 5.91 Å². The van der Waals surface area contributed by atoms with Gasteiger partial charge in [0, 0.05) is 24.2 Å². The molecule has 1 saturated heterocycles. The van der Waals surface area contributed by atoms with E-state index in [9.17, 15) is 14.0 Å². The summed E-state index contributed by atoms with van der Waals surface area (Å²) in [5.74, 6) is -0.268. The molecule has 0 bridgehead atoms. The van der Waals surface area contributed by atoms with Crippen LogP contribution in [-0.4, -0.2) is 38.4 Å². The van der Waals surface area contributed by atoms with E-state index in [2.05, 4.69) is 9.97 Å². The zero-order valence-corrected chi connectivity index (χ0v) is 15.7. The highest BCUT2D eigenvalue weighted by atomic mass is 35.5. The van der Waals surface area contributed by atoms with Gasteiger partial charge in [-0.15, -0.1) is 0 Å². The molecule has 3 N–H and O–H groups in total. The topological polar surface area (TPSA) is 97.0 Å². The summed E-state index contributed by atoms with van der Waals surface area (Å²) in [5.41, 5.74) is 7.33. The molecule has 1 aliphatic heterocycles. The number of aromatic amines is 1. The van der Waals surface area contributed by atoms with E-state index in [4.69, 9.17) is 17.3 Å². The molecule has 0 aliphatic carbocycles. The summed E-state index contributed by atoms with van der Waals surface area (Å²) in [7, 11) is 0. The second-order valence-corrected chi connectivity index (χ2v) is 7.45. The first-order valence-electron chi connectivity index (χ1n) is 8.99. The van der Waals surface area contributed by atoms with Crippen LogP contribution in [0, 0.1) is 5.82 Å². The number of nitrogen functional groups attached to an aromatic ring is 1. The number of nitrogens with two attached hydrogens (primary N) is 1. The van der Waals surface area contributed by atoms with E-state index in [1.165, 1.54) is 18.3 Å². The van der Waals surface area contributed by atoms with Crippen molar-refractivity contribution in [1.82, 2.24) is 19.4 Å². The number of fused-ring (bicyclic) bond motifs is 1. The lowest BCUT2D eigenvalue weighted by atomic mass is 10.0. The highest BCUT2D eigenvalue weighted by molar-refractivity contribution is 6.30. The van der Waals surface area contributed by atoms with Crippen molar-refractivity contribution in [3.8, 4) is 0 Å². The van der Waals surface area contributed by atoms with Gasteiger partial charge in [-0.2, -0.15) is 0 Å². The Morgan fingerprint density at radius 1 is 1.36 bits per heavy atom. The van der Waals surface area contributed by atoms with Crippen LogP contribution in [0.3, 0.4) is 0 Å². The molecule has 0 saturated carbocycles. The molecule has 1 atom stereocenters. The van der Waals surface area contributed by atoms with Crippen LogP contribution in [0.5, 0.6) is 0 Å². The predicted octanol–water partition coefficient (Wildman–Crippen LogP) is 2.51. The minimum atomic E-state index is -0.469. The van der Waals surface area contributed by atoms with Crippen molar-refractivity contribution in [3.63, 3.8) is 0 Å². The van der Waals surface area contributed by atoms with Gasteiger partial charge in [0.25, 0.3) is 0 Å². The number of imidazole rings is 1. The van der Waals surface area contributed by atoms with E-state index in [-0.39, 0.29) is 29.1 Å². The lowest BCUT2D eigenvalue weighted by molar-refractivity contribution is -0.132. The minimum absolute atomic E-state index is 0.0594. The van der Waals surface area contributed by atoms with Crippen LogP contribution < -0.4 is 11.4 Å². The van der Waals surface area contributed by atoms with Crippen molar-refractivity contribution >= 4 is 34.4 Å². The number of benzene rings is 1. The number of nitrogens with zero attached hydrogens (tertiary/aromatic N) is 3. The molecule has 1 amide bonds. The Morgan fingerprint density at radius 3 is 2.96 bits per heavy atom. The highest BCUT2D eigenvalue weighted by Crippen LogP contribution is 2.25. The number of carbonyl (C=O) groups is 1. The number of amides is 1. The van der Waals surface area contributed by atoms with E-state index in [1.807, 2.05) is 0 Å². The van der Waals surface area contributed by atoms with Crippen LogP contribution in [-0.2, 0) is 11.2 Å². The number of hydrogen-bond acceptors (Lipinski definition) is 4. The molecule has 4 rings (SSSR count). The maximum Gasteiger partial charge on any atom is 0.326 e. The Labute approximate surface area is 164 Å². The third kappa shape index (κ3) is 3.60. The molecule has 28 heavy (non-hydrogen) atoms. The molecule has 1 aromatic carbocycles. The Bertz CT molecular complexity index is 1090. The normalized spacial score (nSPS) is 17.2. The van der Waals surface area contributed by atoms with Crippen molar-refractivity contribution in [2.45, 2.75) is 25.3 Å². The van der Waals surface area contributed by atoms with Gasteiger partial charge in [0.15, 0.2) is 0 Å². The van der Waals surface area contributed by atoms with Crippen LogP contribution in [0.15, 0.2) is 35.3 Å². The molecule has 9 heteroatoms. The summed E-state index contributed by atoms with van der Waals surface area (Å²) in [6, 6.07) is 5.59. The lowest BCUT2D eigenvalue weighted by Gasteiger charge is -2.33. The van der Waals surface area contributed by atoms with Crippen LogP contribution in [0.2, 0.25) is 5.02 Å². The molecule has 0 spiro atoms. The lowest BCUT2D eigenvalue weighted by Crippen LogP contribution is -2.43. The number of rotatable bonds is 3. The average molecular weight is 404 g/mol. The molecule has 146 valence electrons. The van der Waals surface area contributed by atoms with E-state index in [0.717, 1.165) is 12.8 Å². The quantitative estimate of drug-likeness (QED) is 0.702. The first kappa shape index (κ1) is 18.5. The van der Waals surface area contributed by atoms with E-state index < -0.39 is 5.82 Å². The van der Waals surface area contributed by atoms with Crippen molar-refractivity contribution in [1.29, 1.82) is 0 Å². The first-order valence-corrected chi connectivity index (χ1v) is 9.37. The fraction of sp³-hybridized carbons (Fsp3) is 0.316. The van der Waals surface area contributed by atoms with Crippen molar-refractivity contribution < 1.29 is 9.18 Å². The summed E-state index contributed by atoms with van der Waals surface area (Å²) >= 11 is 5.87. The summed E-state index contributed by atoms with van der Waals surface area (Å²) in [6.45, 7) is 0.996. The number of halogens is 2. The first-order chi connectivity index (χ1) is 13.4. The third-order valence-electron chi connectivity index (χ3n) is 5.02. The molecule has 3 heterocycles. The van der Waals surface area contributed by atoms with E-state index >= 15 is 0 Å². The number of H-pyrrole nitrogens is 1. The molecule has 7 nitrogen and oxygen atoms in total. The SMILES string of the molecule is Nc1cc2c(cn1)[nH]c(=O)n2[C@H]1CCCN(C(=O)Cc2cc(F)cc(Cl)c2)C1. The fourth-order valence-electron chi connectivity index (χ4n) is 3.79.